The van der Waals surface area contributed by atoms with Crippen LogP contribution in [0.2, 0.25) is 0 Å². The Morgan fingerprint density at radius 2 is 1.62 bits per heavy atom. The van der Waals surface area contributed by atoms with E-state index in [0.29, 0.717) is 5.92 Å². The van der Waals surface area contributed by atoms with Crippen LogP contribution in [0.5, 0.6) is 0 Å². The molecule has 40 heavy (non-hydrogen) atoms. The molecule has 2 heterocycles. The zero-order chi connectivity index (χ0) is 28.6. The van der Waals surface area contributed by atoms with Crippen molar-refractivity contribution in [1.29, 1.82) is 0 Å². The van der Waals surface area contributed by atoms with Gasteiger partial charge in [-0.3, -0.25) is 4.79 Å². The maximum absolute atomic E-state index is 10.0. The topological polar surface area (TPSA) is 63.3 Å². The third-order valence-corrected chi connectivity index (χ3v) is 6.83. The molecule has 0 fully saturated rings. The van der Waals surface area contributed by atoms with E-state index >= 15 is 0 Å². The first-order valence-corrected chi connectivity index (χ1v) is 13.4. The van der Waals surface area contributed by atoms with Crippen LogP contribution in [0, 0.1) is 19.9 Å². The van der Waals surface area contributed by atoms with E-state index in [1.807, 2.05) is 13.1 Å². The van der Waals surface area contributed by atoms with Crippen molar-refractivity contribution in [2.24, 2.45) is 0 Å². The minimum Gasteiger partial charge on any atom is -0.512 e. The van der Waals surface area contributed by atoms with Crippen LogP contribution < -0.4 is 0 Å². The molecule has 0 aliphatic carbocycles. The number of allylic oxidation sites excluding steroid dienone is 2. The average Bonchev–Trinajstić information content (AvgIpc) is 3.21. The molecule has 211 valence electrons. The van der Waals surface area contributed by atoms with Crippen molar-refractivity contribution < 1.29 is 34.4 Å². The SMILES string of the molecule is CC(=O)/C=C(/C)O.Cc1cc(C(C)C)c2ccc3c(-c4[c-]c5oc(C)cc5c(C(C)(C)C)c4)nccc3c2c1.[Ir]. The minimum atomic E-state index is -0.125. The number of hydrogen-bond acceptors (Lipinski definition) is 4. The Kier molecular flexibility index (Phi) is 9.44. The zero-order valence-electron chi connectivity index (χ0n) is 24.8. The molecule has 1 radical (unpaired) electrons. The third kappa shape index (κ3) is 6.54. The zero-order valence-corrected chi connectivity index (χ0v) is 27.2. The van der Waals surface area contributed by atoms with Crippen LogP contribution in [0.3, 0.4) is 0 Å². The molecule has 0 aliphatic heterocycles. The number of carbonyl (C=O) groups is 1. The van der Waals surface area contributed by atoms with Crippen LogP contribution in [-0.2, 0) is 30.3 Å². The molecular formula is C35H38IrNO3-. The van der Waals surface area contributed by atoms with Crippen LogP contribution in [0.25, 0.3) is 43.8 Å². The molecule has 1 N–H and O–H groups in total. The van der Waals surface area contributed by atoms with E-state index in [2.05, 4.69) is 90.1 Å². The van der Waals surface area contributed by atoms with Gasteiger partial charge in [0.2, 0.25) is 0 Å². The van der Waals surface area contributed by atoms with E-state index in [1.54, 1.807) is 0 Å². The largest absolute Gasteiger partial charge is 0.512 e. The van der Waals surface area contributed by atoms with Crippen molar-refractivity contribution >= 4 is 38.3 Å². The van der Waals surface area contributed by atoms with Gasteiger partial charge in [-0.1, -0.05) is 82.0 Å². The molecule has 0 aliphatic rings. The molecule has 0 spiro atoms. The smallest absolute Gasteiger partial charge is 0.155 e. The molecule has 5 rings (SSSR count). The Labute approximate surface area is 250 Å². The molecule has 0 saturated carbocycles. The first-order chi connectivity index (χ1) is 18.3. The van der Waals surface area contributed by atoms with Crippen molar-refractivity contribution in [3.63, 3.8) is 0 Å². The molecule has 0 saturated heterocycles. The number of nitrogens with zero attached hydrogens (tertiary/aromatic N) is 1. The predicted molar refractivity (Wildman–Crippen MR) is 163 cm³/mol. The number of fused-ring (bicyclic) bond motifs is 4. The van der Waals surface area contributed by atoms with E-state index in [-0.39, 0.29) is 37.1 Å². The maximum atomic E-state index is 10.0. The van der Waals surface area contributed by atoms with Crippen LogP contribution in [0.1, 0.15) is 76.8 Å². The number of carbonyl (C=O) groups excluding carboxylic acids is 1. The molecule has 0 atom stereocenters. The normalized spacial score (nSPS) is 12.0. The number of ketones is 1. The number of pyridine rings is 1. The standard InChI is InChI=1S/C30H30NO.C5H8O2.Ir/c1-17(2)24-12-18(3)13-25-21(24)8-9-23-22(25)10-11-31-29(23)20-15-27(30(5,6)7)26-14-19(4)32-28(26)16-20;1-4(6)3-5(2)7;/h8-15,17H,1-7H3;3,6H,1-2H3;/q-1;;/b;4-3-;. The summed E-state index contributed by atoms with van der Waals surface area (Å²) in [5.41, 5.74) is 6.68. The second kappa shape index (κ2) is 12.1. The number of hydrogen-bond donors (Lipinski definition) is 1. The van der Waals surface area contributed by atoms with Crippen molar-refractivity contribution in [2.75, 3.05) is 0 Å². The summed E-state index contributed by atoms with van der Waals surface area (Å²) in [6.45, 7) is 18.3. The summed E-state index contributed by atoms with van der Waals surface area (Å²) >= 11 is 0. The number of furan rings is 1. The summed E-state index contributed by atoms with van der Waals surface area (Å²) < 4.78 is 6.02. The van der Waals surface area contributed by atoms with Crippen molar-refractivity contribution in [3.8, 4) is 11.3 Å². The van der Waals surface area contributed by atoms with Crippen LogP contribution >= 0.6 is 0 Å². The molecule has 5 aromatic rings. The second-order valence-electron chi connectivity index (χ2n) is 11.8. The Balaban J connectivity index is 0.000000492. The predicted octanol–water partition coefficient (Wildman–Crippen LogP) is 9.67. The van der Waals surface area contributed by atoms with Gasteiger partial charge in [0.05, 0.1) is 17.1 Å². The minimum absolute atomic E-state index is 0. The van der Waals surface area contributed by atoms with Gasteiger partial charge in [-0.15, -0.1) is 17.2 Å². The summed E-state index contributed by atoms with van der Waals surface area (Å²) in [6.07, 6.45) is 3.09. The summed E-state index contributed by atoms with van der Waals surface area (Å²) in [4.78, 5) is 14.8. The van der Waals surface area contributed by atoms with Crippen LogP contribution in [0.4, 0.5) is 0 Å². The van der Waals surface area contributed by atoms with E-state index < -0.39 is 0 Å². The number of aliphatic hydroxyl groups excluding tert-OH is 1. The fourth-order valence-corrected chi connectivity index (χ4v) is 5.20. The maximum Gasteiger partial charge on any atom is 0.155 e. The molecule has 5 heteroatoms. The molecule has 0 unspecified atom stereocenters. The second-order valence-corrected chi connectivity index (χ2v) is 11.8. The Morgan fingerprint density at radius 1 is 0.950 bits per heavy atom. The van der Waals surface area contributed by atoms with E-state index in [9.17, 15) is 4.79 Å². The van der Waals surface area contributed by atoms with Crippen molar-refractivity contribution in [2.45, 2.75) is 73.6 Å². The Morgan fingerprint density at radius 3 is 2.20 bits per heavy atom. The summed E-state index contributed by atoms with van der Waals surface area (Å²) in [5.74, 6) is 1.32. The van der Waals surface area contributed by atoms with Crippen LogP contribution in [0.15, 0.2) is 64.9 Å². The molecule has 2 aromatic heterocycles. The molecule has 0 amide bonds. The van der Waals surface area contributed by atoms with Gasteiger partial charge in [-0.2, -0.15) is 0 Å². The number of aliphatic hydroxyl groups is 1. The van der Waals surface area contributed by atoms with Gasteiger partial charge in [-0.05, 0) is 77.9 Å². The van der Waals surface area contributed by atoms with Crippen molar-refractivity contribution in [1.82, 2.24) is 4.98 Å². The fraction of sp³-hybridized carbons (Fsp3) is 0.314. The van der Waals surface area contributed by atoms with E-state index in [4.69, 9.17) is 14.5 Å². The van der Waals surface area contributed by atoms with Gasteiger partial charge in [0.15, 0.2) is 5.78 Å². The quantitative estimate of drug-likeness (QED) is 0.0876. The van der Waals surface area contributed by atoms with Gasteiger partial charge in [0.25, 0.3) is 0 Å². The Hall–Kier alpha value is -3.27. The molecule has 4 nitrogen and oxygen atoms in total. The monoisotopic (exact) mass is 713 g/mol. The van der Waals surface area contributed by atoms with Crippen molar-refractivity contribution in [3.05, 3.63) is 89.0 Å². The number of aryl methyl sites for hydroxylation is 2. The van der Waals surface area contributed by atoms with Gasteiger partial charge >= 0.3 is 0 Å². The first-order valence-electron chi connectivity index (χ1n) is 13.4. The first kappa shape index (κ1) is 31.3. The molecule has 3 aromatic carbocycles. The average molecular weight is 713 g/mol. The van der Waals surface area contributed by atoms with Gasteiger partial charge in [0.1, 0.15) is 0 Å². The third-order valence-electron chi connectivity index (χ3n) is 6.83. The summed E-state index contributed by atoms with van der Waals surface area (Å²) in [6, 6.07) is 19.1. The number of rotatable bonds is 3. The molecular weight excluding hydrogens is 675 g/mol. The number of benzene rings is 3. The Bertz CT molecular complexity index is 1730. The molecule has 0 bridgehead atoms. The van der Waals surface area contributed by atoms with E-state index in [0.717, 1.165) is 33.4 Å². The summed E-state index contributed by atoms with van der Waals surface area (Å²) in [7, 11) is 0. The number of aromatic nitrogens is 1. The van der Waals surface area contributed by atoms with E-state index in [1.165, 1.54) is 52.8 Å². The van der Waals surface area contributed by atoms with Gasteiger partial charge in [-0.25, -0.2) is 0 Å². The van der Waals surface area contributed by atoms with Crippen LogP contribution in [-0.4, -0.2) is 15.9 Å². The fourth-order valence-electron chi connectivity index (χ4n) is 5.20. The van der Waals surface area contributed by atoms with Gasteiger partial charge < -0.3 is 14.5 Å². The van der Waals surface area contributed by atoms with Gasteiger partial charge in [0, 0.05) is 32.4 Å². The summed E-state index contributed by atoms with van der Waals surface area (Å²) in [5, 5.41) is 14.5.